The van der Waals surface area contributed by atoms with Gasteiger partial charge in [-0.05, 0) is 55.5 Å². The predicted molar refractivity (Wildman–Crippen MR) is 79.3 cm³/mol. The number of aliphatic hydroxyl groups excluding tert-OH is 1. The van der Waals surface area contributed by atoms with Gasteiger partial charge in [0.25, 0.3) is 0 Å². The van der Waals surface area contributed by atoms with Gasteiger partial charge in [-0.2, -0.15) is 0 Å². The zero-order chi connectivity index (χ0) is 13.8. The van der Waals surface area contributed by atoms with E-state index in [9.17, 15) is 0 Å². The molecule has 19 heavy (non-hydrogen) atoms. The van der Waals surface area contributed by atoms with E-state index in [-0.39, 0.29) is 6.61 Å². The molecule has 0 fully saturated rings. The Morgan fingerprint density at radius 2 is 2.16 bits per heavy atom. The first-order chi connectivity index (χ1) is 9.19. The summed E-state index contributed by atoms with van der Waals surface area (Å²) in [6.07, 6.45) is 3.07. The molecule has 1 aliphatic heterocycles. The van der Waals surface area contributed by atoms with Crippen LogP contribution < -0.4 is 5.73 Å². The smallest absolute Gasteiger partial charge is 0.0477 e. The summed E-state index contributed by atoms with van der Waals surface area (Å²) in [5, 5.41) is 9.66. The molecule has 3 nitrogen and oxygen atoms in total. The fourth-order valence-corrected chi connectivity index (χ4v) is 3.07. The summed E-state index contributed by atoms with van der Waals surface area (Å²) in [4.78, 5) is 2.44. The van der Waals surface area contributed by atoms with E-state index in [2.05, 4.69) is 17.9 Å². The number of hydrogen-bond acceptors (Lipinski definition) is 3. The molecule has 2 rings (SSSR count). The van der Waals surface area contributed by atoms with Gasteiger partial charge in [-0.3, -0.25) is 4.90 Å². The molecule has 0 saturated carbocycles. The SMILES string of the molecule is Cc1c(Cl)ccc2c1CN(CCCCCO)C2CN. The molecule has 0 spiro atoms. The monoisotopic (exact) mass is 282 g/mol. The lowest BCUT2D eigenvalue weighted by atomic mass is 10.0. The molecule has 0 amide bonds. The second-order valence-corrected chi connectivity index (χ2v) is 5.65. The van der Waals surface area contributed by atoms with Crippen LogP contribution in [0.4, 0.5) is 0 Å². The maximum Gasteiger partial charge on any atom is 0.0477 e. The number of hydrogen-bond donors (Lipinski definition) is 2. The molecule has 3 N–H and O–H groups in total. The highest BCUT2D eigenvalue weighted by molar-refractivity contribution is 6.31. The number of aliphatic hydroxyl groups is 1. The van der Waals surface area contributed by atoms with Gasteiger partial charge in [0, 0.05) is 30.8 Å². The molecule has 0 aromatic heterocycles. The summed E-state index contributed by atoms with van der Waals surface area (Å²) in [6.45, 7) is 5.00. The fourth-order valence-electron chi connectivity index (χ4n) is 2.90. The molecule has 106 valence electrons. The third-order valence-corrected chi connectivity index (χ3v) is 4.47. The molecule has 0 aliphatic carbocycles. The molecule has 1 atom stereocenters. The zero-order valence-electron chi connectivity index (χ0n) is 11.5. The lowest BCUT2D eigenvalue weighted by Crippen LogP contribution is -2.28. The predicted octanol–water partition coefficient (Wildman–Crippen LogP) is 2.63. The van der Waals surface area contributed by atoms with E-state index in [0.29, 0.717) is 12.6 Å². The van der Waals surface area contributed by atoms with E-state index < -0.39 is 0 Å². The molecular formula is C15H23ClN2O. The summed E-state index contributed by atoms with van der Waals surface area (Å²) >= 11 is 6.20. The number of unbranched alkanes of at least 4 members (excludes halogenated alkanes) is 2. The van der Waals surface area contributed by atoms with Crippen LogP contribution in [0.5, 0.6) is 0 Å². The minimum Gasteiger partial charge on any atom is -0.396 e. The van der Waals surface area contributed by atoms with Crippen molar-refractivity contribution in [2.24, 2.45) is 5.73 Å². The number of rotatable bonds is 6. The number of benzene rings is 1. The van der Waals surface area contributed by atoms with Gasteiger partial charge in [0.1, 0.15) is 0 Å². The maximum atomic E-state index is 8.82. The summed E-state index contributed by atoms with van der Waals surface area (Å²) < 4.78 is 0. The fraction of sp³-hybridized carbons (Fsp3) is 0.600. The topological polar surface area (TPSA) is 49.5 Å². The Labute approximate surface area is 120 Å². The van der Waals surface area contributed by atoms with E-state index in [0.717, 1.165) is 37.4 Å². The highest BCUT2D eigenvalue weighted by atomic mass is 35.5. The van der Waals surface area contributed by atoms with Gasteiger partial charge >= 0.3 is 0 Å². The van der Waals surface area contributed by atoms with Crippen molar-refractivity contribution in [1.82, 2.24) is 4.90 Å². The van der Waals surface area contributed by atoms with Crippen molar-refractivity contribution in [3.63, 3.8) is 0 Å². The molecule has 4 heteroatoms. The Bertz CT molecular complexity index is 436. The normalized spacial score (nSPS) is 18.8. The van der Waals surface area contributed by atoms with Crippen molar-refractivity contribution in [3.05, 3.63) is 33.8 Å². The number of fused-ring (bicyclic) bond motifs is 1. The van der Waals surface area contributed by atoms with Gasteiger partial charge in [-0.25, -0.2) is 0 Å². The summed E-state index contributed by atoms with van der Waals surface area (Å²) in [5.74, 6) is 0. The summed E-state index contributed by atoms with van der Waals surface area (Å²) in [6, 6.07) is 4.42. The largest absolute Gasteiger partial charge is 0.396 e. The van der Waals surface area contributed by atoms with E-state index in [1.807, 2.05) is 6.07 Å². The van der Waals surface area contributed by atoms with Crippen LogP contribution in [0.25, 0.3) is 0 Å². The number of halogens is 1. The molecule has 0 radical (unpaired) electrons. The molecular weight excluding hydrogens is 260 g/mol. The average molecular weight is 283 g/mol. The van der Waals surface area contributed by atoms with Crippen molar-refractivity contribution >= 4 is 11.6 Å². The minimum absolute atomic E-state index is 0.287. The first kappa shape index (κ1) is 14.8. The van der Waals surface area contributed by atoms with Crippen molar-refractivity contribution in [3.8, 4) is 0 Å². The number of nitrogens with zero attached hydrogens (tertiary/aromatic N) is 1. The van der Waals surface area contributed by atoms with E-state index in [1.165, 1.54) is 16.7 Å². The Morgan fingerprint density at radius 1 is 1.37 bits per heavy atom. The lowest BCUT2D eigenvalue weighted by Gasteiger charge is -2.23. The van der Waals surface area contributed by atoms with Gasteiger partial charge in [0.05, 0.1) is 0 Å². The zero-order valence-corrected chi connectivity index (χ0v) is 12.3. The van der Waals surface area contributed by atoms with Crippen LogP contribution in [-0.2, 0) is 6.54 Å². The van der Waals surface area contributed by atoms with Crippen molar-refractivity contribution in [2.45, 2.75) is 38.8 Å². The van der Waals surface area contributed by atoms with Crippen molar-refractivity contribution in [2.75, 3.05) is 19.7 Å². The van der Waals surface area contributed by atoms with Crippen molar-refractivity contribution < 1.29 is 5.11 Å². The van der Waals surface area contributed by atoms with Gasteiger partial charge in [0.2, 0.25) is 0 Å². The van der Waals surface area contributed by atoms with E-state index in [1.54, 1.807) is 0 Å². The second-order valence-electron chi connectivity index (χ2n) is 5.25. The summed E-state index contributed by atoms with van der Waals surface area (Å²) in [7, 11) is 0. The van der Waals surface area contributed by atoms with Gasteiger partial charge in [-0.15, -0.1) is 0 Å². The Kier molecular flexibility index (Phi) is 5.22. The van der Waals surface area contributed by atoms with Crippen LogP contribution in [0.3, 0.4) is 0 Å². The Hall–Kier alpha value is -0.610. The molecule has 1 aliphatic rings. The van der Waals surface area contributed by atoms with Crippen LogP contribution in [0, 0.1) is 6.92 Å². The van der Waals surface area contributed by atoms with Crippen LogP contribution in [0.1, 0.15) is 42.0 Å². The second kappa shape index (κ2) is 6.71. The first-order valence-electron chi connectivity index (χ1n) is 7.02. The first-order valence-corrected chi connectivity index (χ1v) is 7.39. The van der Waals surface area contributed by atoms with Crippen LogP contribution in [-0.4, -0.2) is 29.7 Å². The van der Waals surface area contributed by atoms with Gasteiger partial charge in [-0.1, -0.05) is 17.7 Å². The third kappa shape index (κ3) is 3.11. The Morgan fingerprint density at radius 3 is 2.84 bits per heavy atom. The highest BCUT2D eigenvalue weighted by Crippen LogP contribution is 2.37. The Balaban J connectivity index is 2.07. The molecule has 1 aromatic rings. The minimum atomic E-state index is 0.287. The van der Waals surface area contributed by atoms with Gasteiger partial charge in [0.15, 0.2) is 0 Å². The molecule has 1 aromatic carbocycles. The maximum absolute atomic E-state index is 8.82. The van der Waals surface area contributed by atoms with Crippen LogP contribution in [0.2, 0.25) is 5.02 Å². The molecule has 1 heterocycles. The molecule has 0 saturated heterocycles. The third-order valence-electron chi connectivity index (χ3n) is 4.06. The highest BCUT2D eigenvalue weighted by Gasteiger charge is 2.30. The lowest BCUT2D eigenvalue weighted by molar-refractivity contribution is 0.210. The van der Waals surface area contributed by atoms with Crippen LogP contribution >= 0.6 is 11.6 Å². The molecule has 0 bridgehead atoms. The van der Waals surface area contributed by atoms with Crippen LogP contribution in [0.15, 0.2) is 12.1 Å². The standard InChI is InChI=1S/C15H23ClN2O/c1-11-13-10-18(7-3-2-4-8-19)15(9-17)12(13)5-6-14(11)16/h5-6,15,19H,2-4,7-10,17H2,1H3. The quantitative estimate of drug-likeness (QED) is 0.789. The van der Waals surface area contributed by atoms with Crippen molar-refractivity contribution in [1.29, 1.82) is 0 Å². The van der Waals surface area contributed by atoms with E-state index >= 15 is 0 Å². The molecule has 1 unspecified atom stereocenters. The van der Waals surface area contributed by atoms with E-state index in [4.69, 9.17) is 22.4 Å². The number of nitrogens with two attached hydrogens (primary N) is 1. The van der Waals surface area contributed by atoms with Gasteiger partial charge < -0.3 is 10.8 Å². The average Bonchev–Trinajstić information content (AvgIpc) is 2.77. The summed E-state index contributed by atoms with van der Waals surface area (Å²) in [5.41, 5.74) is 9.82.